The third-order valence-corrected chi connectivity index (χ3v) is 5.99. The number of nitriles is 1. The highest BCUT2D eigenvalue weighted by Gasteiger charge is 2.54. The molecule has 0 bridgehead atoms. The first-order valence-electron chi connectivity index (χ1n) is 10.5. The van der Waals surface area contributed by atoms with E-state index in [0.717, 1.165) is 34.4 Å². The van der Waals surface area contributed by atoms with E-state index in [1.54, 1.807) is 37.4 Å². The van der Waals surface area contributed by atoms with Crippen LogP contribution >= 0.6 is 0 Å². The van der Waals surface area contributed by atoms with Gasteiger partial charge in [0.1, 0.15) is 29.7 Å². The number of carbonyl (C=O) groups is 2. The first-order valence-corrected chi connectivity index (χ1v) is 10.5. The average Bonchev–Trinajstić information content (AvgIpc) is 3.03. The SMILES string of the molecule is COc1ccc2c(c1)CCC[C@]21NC(=O)N(C[C@@H](O)COc2ccc(CC#N)cc2)C1=O. The normalized spacial score (nSPS) is 20.5. The van der Waals surface area contributed by atoms with Crippen LogP contribution in [0.15, 0.2) is 42.5 Å². The average molecular weight is 435 g/mol. The molecule has 2 atom stereocenters. The Hall–Kier alpha value is -3.57. The van der Waals surface area contributed by atoms with E-state index in [1.165, 1.54) is 0 Å². The maximum Gasteiger partial charge on any atom is 0.325 e. The molecule has 2 aromatic carbocycles. The highest BCUT2D eigenvalue weighted by molar-refractivity contribution is 6.07. The monoisotopic (exact) mass is 435 g/mol. The zero-order chi connectivity index (χ0) is 22.7. The number of aryl methyl sites for hydroxylation is 1. The molecular weight excluding hydrogens is 410 g/mol. The first kappa shape index (κ1) is 21.7. The Morgan fingerprint density at radius 1 is 1.22 bits per heavy atom. The summed E-state index contributed by atoms with van der Waals surface area (Å²) < 4.78 is 10.9. The Morgan fingerprint density at radius 3 is 2.69 bits per heavy atom. The van der Waals surface area contributed by atoms with E-state index in [1.807, 2.05) is 12.1 Å². The van der Waals surface area contributed by atoms with Crippen molar-refractivity contribution in [2.24, 2.45) is 0 Å². The van der Waals surface area contributed by atoms with E-state index in [0.29, 0.717) is 24.3 Å². The molecule has 3 amide bonds. The van der Waals surface area contributed by atoms with Gasteiger partial charge in [-0.1, -0.05) is 18.2 Å². The van der Waals surface area contributed by atoms with Crippen molar-refractivity contribution in [3.05, 3.63) is 59.2 Å². The minimum Gasteiger partial charge on any atom is -0.497 e. The van der Waals surface area contributed by atoms with E-state index in [4.69, 9.17) is 14.7 Å². The second-order valence-corrected chi connectivity index (χ2v) is 8.07. The number of aliphatic hydroxyl groups is 1. The number of benzene rings is 2. The summed E-state index contributed by atoms with van der Waals surface area (Å²) in [6, 6.07) is 14.1. The molecule has 32 heavy (non-hydrogen) atoms. The maximum absolute atomic E-state index is 13.4. The molecule has 1 heterocycles. The lowest BCUT2D eigenvalue weighted by Gasteiger charge is -2.33. The second kappa shape index (κ2) is 8.89. The second-order valence-electron chi connectivity index (χ2n) is 8.07. The lowest BCUT2D eigenvalue weighted by molar-refractivity contribution is -0.133. The topological polar surface area (TPSA) is 112 Å². The van der Waals surface area contributed by atoms with Crippen LogP contribution in [0.5, 0.6) is 11.5 Å². The maximum atomic E-state index is 13.4. The van der Waals surface area contributed by atoms with Crippen LogP contribution < -0.4 is 14.8 Å². The highest BCUT2D eigenvalue weighted by atomic mass is 16.5. The molecule has 1 aliphatic heterocycles. The molecule has 2 aromatic rings. The van der Waals surface area contributed by atoms with E-state index >= 15 is 0 Å². The predicted molar refractivity (Wildman–Crippen MR) is 115 cm³/mol. The van der Waals surface area contributed by atoms with Crippen LogP contribution in [0.25, 0.3) is 0 Å². The first-order chi connectivity index (χ1) is 15.5. The summed E-state index contributed by atoms with van der Waals surface area (Å²) >= 11 is 0. The molecule has 1 aliphatic carbocycles. The van der Waals surface area contributed by atoms with Crippen molar-refractivity contribution in [3.8, 4) is 17.6 Å². The van der Waals surface area contributed by atoms with Crippen LogP contribution in [0.1, 0.15) is 29.5 Å². The van der Waals surface area contributed by atoms with E-state index in [2.05, 4.69) is 11.4 Å². The van der Waals surface area contributed by atoms with Gasteiger partial charge in [0.05, 0.1) is 26.1 Å². The van der Waals surface area contributed by atoms with Gasteiger partial charge in [-0.3, -0.25) is 9.69 Å². The van der Waals surface area contributed by atoms with Crippen molar-refractivity contribution >= 4 is 11.9 Å². The van der Waals surface area contributed by atoms with Gasteiger partial charge >= 0.3 is 6.03 Å². The van der Waals surface area contributed by atoms with Gasteiger partial charge in [0.2, 0.25) is 0 Å². The number of carbonyl (C=O) groups excluding carboxylic acids is 2. The summed E-state index contributed by atoms with van der Waals surface area (Å²) in [6.45, 7) is -0.236. The van der Waals surface area contributed by atoms with E-state index < -0.39 is 17.7 Å². The van der Waals surface area contributed by atoms with Crippen LogP contribution in [0.3, 0.4) is 0 Å². The third kappa shape index (κ3) is 3.99. The fourth-order valence-corrected chi connectivity index (χ4v) is 4.39. The van der Waals surface area contributed by atoms with Gasteiger partial charge in [-0.25, -0.2) is 4.79 Å². The van der Waals surface area contributed by atoms with Crippen molar-refractivity contribution in [2.75, 3.05) is 20.3 Å². The minimum atomic E-state index is -1.10. The Balaban J connectivity index is 1.43. The molecular formula is C24H25N3O5. The van der Waals surface area contributed by atoms with Crippen LogP contribution in [0, 0.1) is 11.3 Å². The number of amides is 3. The zero-order valence-electron chi connectivity index (χ0n) is 17.8. The molecule has 166 valence electrons. The lowest BCUT2D eigenvalue weighted by Crippen LogP contribution is -2.47. The Labute approximate surface area is 186 Å². The van der Waals surface area contributed by atoms with Crippen LogP contribution in [-0.2, 0) is 23.2 Å². The lowest BCUT2D eigenvalue weighted by atomic mass is 9.76. The molecule has 2 aliphatic rings. The molecule has 0 radical (unpaired) electrons. The number of nitrogens with zero attached hydrogens (tertiary/aromatic N) is 2. The minimum absolute atomic E-state index is 0.0740. The molecule has 0 saturated carbocycles. The van der Waals surface area contributed by atoms with Crippen molar-refractivity contribution in [2.45, 2.75) is 37.3 Å². The predicted octanol–water partition coefficient (Wildman–Crippen LogP) is 2.28. The number of methoxy groups -OCH3 is 1. The Morgan fingerprint density at radius 2 is 1.97 bits per heavy atom. The van der Waals surface area contributed by atoms with Crippen LogP contribution in [0.2, 0.25) is 0 Å². The van der Waals surface area contributed by atoms with Gasteiger partial charge in [0.15, 0.2) is 0 Å². The van der Waals surface area contributed by atoms with Gasteiger partial charge in [0, 0.05) is 0 Å². The summed E-state index contributed by atoms with van der Waals surface area (Å²) in [6.07, 6.45) is 1.34. The molecule has 2 N–H and O–H groups in total. The van der Waals surface area contributed by atoms with Crippen molar-refractivity contribution in [1.29, 1.82) is 5.26 Å². The van der Waals surface area contributed by atoms with Gasteiger partial charge < -0.3 is 19.9 Å². The molecule has 4 rings (SSSR count). The summed E-state index contributed by atoms with van der Waals surface area (Å²) in [5.41, 5.74) is 1.53. The molecule has 0 aromatic heterocycles. The zero-order valence-corrected chi connectivity index (χ0v) is 17.8. The van der Waals surface area contributed by atoms with Crippen molar-refractivity contribution in [3.63, 3.8) is 0 Å². The molecule has 8 heteroatoms. The van der Waals surface area contributed by atoms with Crippen LogP contribution in [-0.4, -0.2) is 48.3 Å². The summed E-state index contributed by atoms with van der Waals surface area (Å²) in [5, 5.41) is 22.0. The quantitative estimate of drug-likeness (QED) is 0.646. The molecule has 8 nitrogen and oxygen atoms in total. The summed E-state index contributed by atoms with van der Waals surface area (Å²) in [4.78, 5) is 27.1. The number of ether oxygens (including phenoxy) is 2. The Kier molecular flexibility index (Phi) is 6.01. The standard InChI is InChI=1S/C24H25N3O5/c1-31-20-8-9-21-17(13-20)3-2-11-24(21)22(29)27(23(30)26-24)14-18(28)15-32-19-6-4-16(5-7-19)10-12-25/h4-9,13,18,28H,2-3,10-11,14-15H2,1H3,(H,26,30)/t18-,24+/m1/s1. The smallest absolute Gasteiger partial charge is 0.325 e. The fraction of sp³-hybridized carbons (Fsp3) is 0.375. The third-order valence-electron chi connectivity index (χ3n) is 5.99. The molecule has 0 unspecified atom stereocenters. The fourth-order valence-electron chi connectivity index (χ4n) is 4.39. The summed E-state index contributed by atoms with van der Waals surface area (Å²) in [7, 11) is 1.59. The van der Waals surface area contributed by atoms with Crippen molar-refractivity contribution < 1.29 is 24.2 Å². The molecule has 1 spiro atoms. The highest BCUT2D eigenvalue weighted by Crippen LogP contribution is 2.41. The van der Waals surface area contributed by atoms with Crippen molar-refractivity contribution in [1.82, 2.24) is 10.2 Å². The van der Waals surface area contributed by atoms with E-state index in [-0.39, 0.29) is 19.1 Å². The van der Waals surface area contributed by atoms with Gasteiger partial charge in [0.25, 0.3) is 5.91 Å². The van der Waals surface area contributed by atoms with Crippen LogP contribution in [0.4, 0.5) is 4.79 Å². The number of hydrogen-bond donors (Lipinski definition) is 2. The number of imide groups is 1. The Bertz CT molecular complexity index is 1060. The number of rotatable bonds is 7. The van der Waals surface area contributed by atoms with E-state index in [9.17, 15) is 14.7 Å². The number of β-amino-alcohol motifs (C(OH)–C–C–N with tert-alkyl or cyclic N) is 1. The van der Waals surface area contributed by atoms with Gasteiger partial charge in [-0.15, -0.1) is 0 Å². The summed E-state index contributed by atoms with van der Waals surface area (Å²) in [5.74, 6) is 0.894. The largest absolute Gasteiger partial charge is 0.497 e. The van der Waals surface area contributed by atoms with Gasteiger partial charge in [-0.05, 0) is 60.2 Å². The van der Waals surface area contributed by atoms with Gasteiger partial charge in [-0.2, -0.15) is 5.26 Å². The number of nitrogens with one attached hydrogen (secondary N) is 1. The molecule has 1 fully saturated rings. The number of aliphatic hydroxyl groups excluding tert-OH is 1. The number of urea groups is 1. The molecule has 1 saturated heterocycles. The number of hydrogen-bond acceptors (Lipinski definition) is 6. The number of fused-ring (bicyclic) bond motifs is 2.